The van der Waals surface area contributed by atoms with E-state index in [0.29, 0.717) is 5.82 Å². The van der Waals surface area contributed by atoms with Crippen molar-refractivity contribution in [3.63, 3.8) is 0 Å². The summed E-state index contributed by atoms with van der Waals surface area (Å²) in [5.74, 6) is 0.610. The van der Waals surface area contributed by atoms with Crippen molar-refractivity contribution < 1.29 is 0 Å². The number of pyridine rings is 1. The monoisotopic (exact) mass is 213 g/mol. The molecule has 0 fully saturated rings. The zero-order valence-electron chi connectivity index (χ0n) is 4.26. The predicted octanol–water partition coefficient (Wildman–Crippen LogP) is -0.542. The Morgan fingerprint density at radius 1 is 1.62 bits per heavy atom. The summed E-state index contributed by atoms with van der Waals surface area (Å²) in [5.41, 5.74) is 5.36. The summed E-state index contributed by atoms with van der Waals surface area (Å²) in [6, 6.07) is 3.83. The number of nitrogens with zero attached hydrogens (tertiary/aromatic N) is 1. The molecule has 3 heteroatoms. The Labute approximate surface area is 61.2 Å². The van der Waals surface area contributed by atoms with Gasteiger partial charge < -0.3 is 0 Å². The molecule has 1 rings (SSSR count). The standard InChI is InChI=1S/C5H5N2.Sn/c6-5-3-1-2-4-7-5;/h2-4H,(H2,6,7);. The summed E-state index contributed by atoms with van der Waals surface area (Å²) in [4.78, 5) is 3.83. The van der Waals surface area contributed by atoms with Gasteiger partial charge in [-0.1, -0.05) is 0 Å². The Morgan fingerprint density at radius 2 is 2.38 bits per heavy atom. The van der Waals surface area contributed by atoms with Crippen LogP contribution in [0.25, 0.3) is 0 Å². The van der Waals surface area contributed by atoms with Crippen LogP contribution in [0.1, 0.15) is 0 Å². The topological polar surface area (TPSA) is 38.9 Å². The molecule has 39 valence electrons. The van der Waals surface area contributed by atoms with E-state index in [9.17, 15) is 0 Å². The first kappa shape index (κ1) is 5.88. The maximum absolute atomic E-state index is 5.36. The number of aromatic nitrogens is 1. The summed E-state index contributed by atoms with van der Waals surface area (Å²) >= 11 is 1.38. The third-order valence-corrected chi connectivity index (χ3v) is 1.67. The fourth-order valence-electron chi connectivity index (χ4n) is 0.448. The molecule has 0 saturated carbocycles. The molecule has 0 amide bonds. The molecule has 0 spiro atoms. The summed E-state index contributed by atoms with van der Waals surface area (Å²) in [7, 11) is 0. The van der Waals surface area contributed by atoms with Crippen molar-refractivity contribution in [2.75, 3.05) is 5.73 Å². The van der Waals surface area contributed by atoms with Gasteiger partial charge in [-0.2, -0.15) is 0 Å². The van der Waals surface area contributed by atoms with Crippen molar-refractivity contribution in [2.45, 2.75) is 0 Å². The van der Waals surface area contributed by atoms with Crippen molar-refractivity contribution in [3.05, 3.63) is 18.3 Å². The molecule has 2 nitrogen and oxygen atoms in total. The molecule has 1 aromatic rings. The zero-order chi connectivity index (χ0) is 5.98. The first-order valence-electron chi connectivity index (χ1n) is 2.22. The number of nitrogens with two attached hydrogens (primary N) is 1. The number of rotatable bonds is 0. The van der Waals surface area contributed by atoms with Crippen LogP contribution < -0.4 is 9.31 Å². The van der Waals surface area contributed by atoms with Crippen LogP contribution in [0.3, 0.4) is 0 Å². The Balaban J connectivity index is 3.08. The molecule has 3 radical (unpaired) electrons. The summed E-state index contributed by atoms with van der Waals surface area (Å²) in [5, 5.41) is 0. The third kappa shape index (κ3) is 1.36. The van der Waals surface area contributed by atoms with Gasteiger partial charge in [0.1, 0.15) is 0 Å². The molecule has 2 N–H and O–H groups in total. The molecule has 0 atom stereocenters. The van der Waals surface area contributed by atoms with Crippen molar-refractivity contribution in [1.29, 1.82) is 0 Å². The second-order valence-electron chi connectivity index (χ2n) is 1.47. The van der Waals surface area contributed by atoms with Crippen molar-refractivity contribution in [2.24, 2.45) is 0 Å². The number of hydrogen-bond acceptors (Lipinski definition) is 2. The summed E-state index contributed by atoms with van der Waals surface area (Å²) < 4.78 is 1.24. The molecule has 0 aliphatic rings. The summed E-state index contributed by atoms with van der Waals surface area (Å²) in [6.07, 6.45) is 1.72. The molecule has 0 aromatic carbocycles. The van der Waals surface area contributed by atoms with Crippen LogP contribution in [0.15, 0.2) is 18.3 Å². The Hall–Kier alpha value is -0.251. The average molecular weight is 212 g/mol. The normalized spacial score (nSPS) is 9.12. The Bertz CT molecular complexity index is 170. The van der Waals surface area contributed by atoms with E-state index in [1.54, 1.807) is 6.20 Å². The van der Waals surface area contributed by atoms with Crippen molar-refractivity contribution >= 4 is 31.9 Å². The average Bonchev–Trinajstić information content (AvgIpc) is 1.64. The van der Waals surface area contributed by atoms with Gasteiger partial charge in [0.05, 0.1) is 0 Å². The van der Waals surface area contributed by atoms with Crippen LogP contribution in [0.2, 0.25) is 0 Å². The minimum atomic E-state index is 0.610. The number of anilines is 1. The molecule has 0 aliphatic heterocycles. The molecule has 0 unspecified atom stereocenters. The van der Waals surface area contributed by atoms with Crippen molar-refractivity contribution in [3.8, 4) is 0 Å². The van der Waals surface area contributed by atoms with Crippen LogP contribution >= 0.6 is 0 Å². The maximum atomic E-state index is 5.36. The van der Waals surface area contributed by atoms with E-state index in [0.717, 1.165) is 0 Å². The van der Waals surface area contributed by atoms with E-state index in [1.807, 2.05) is 12.1 Å². The van der Waals surface area contributed by atoms with Gasteiger partial charge in [-0.3, -0.25) is 0 Å². The Kier molecular flexibility index (Phi) is 1.72. The SMILES string of the molecule is Nc1c[c]([Sn])ccn1. The van der Waals surface area contributed by atoms with Crippen LogP contribution in [-0.4, -0.2) is 27.5 Å². The van der Waals surface area contributed by atoms with Crippen molar-refractivity contribution in [1.82, 2.24) is 4.98 Å². The second kappa shape index (κ2) is 2.35. The van der Waals surface area contributed by atoms with Crippen LogP contribution in [0.5, 0.6) is 0 Å². The number of hydrogen-bond donors (Lipinski definition) is 1. The van der Waals surface area contributed by atoms with Gasteiger partial charge >= 0.3 is 61.0 Å². The van der Waals surface area contributed by atoms with Gasteiger partial charge in [0.25, 0.3) is 0 Å². The molecular weight excluding hydrogens is 207 g/mol. The van der Waals surface area contributed by atoms with Gasteiger partial charge in [0, 0.05) is 0 Å². The molecule has 1 aromatic heterocycles. The first-order chi connectivity index (χ1) is 3.79. The predicted molar refractivity (Wildman–Crippen MR) is 34.0 cm³/mol. The quantitative estimate of drug-likeness (QED) is 0.586. The molecule has 0 saturated heterocycles. The fourth-order valence-corrected chi connectivity index (χ4v) is 1.08. The van der Waals surface area contributed by atoms with Crippen LogP contribution in [0.4, 0.5) is 5.82 Å². The van der Waals surface area contributed by atoms with E-state index in [-0.39, 0.29) is 0 Å². The van der Waals surface area contributed by atoms with E-state index in [1.165, 1.54) is 26.1 Å². The first-order valence-corrected chi connectivity index (χ1v) is 3.65. The van der Waals surface area contributed by atoms with Crippen LogP contribution in [-0.2, 0) is 0 Å². The molecular formula is C5H5N2Sn. The van der Waals surface area contributed by atoms with E-state index in [2.05, 4.69) is 4.98 Å². The number of nitrogen functional groups attached to an aromatic ring is 1. The summed E-state index contributed by atoms with van der Waals surface area (Å²) in [6.45, 7) is 0. The van der Waals surface area contributed by atoms with Gasteiger partial charge in [0.15, 0.2) is 0 Å². The third-order valence-electron chi connectivity index (χ3n) is 0.781. The second-order valence-corrected chi connectivity index (χ2v) is 3.12. The van der Waals surface area contributed by atoms with Gasteiger partial charge in [-0.05, 0) is 0 Å². The molecule has 0 aliphatic carbocycles. The molecule has 1 heterocycles. The fraction of sp³-hybridized carbons (Fsp3) is 0. The van der Waals surface area contributed by atoms with Gasteiger partial charge in [0.2, 0.25) is 0 Å². The zero-order valence-corrected chi connectivity index (χ0v) is 7.11. The van der Waals surface area contributed by atoms with E-state index >= 15 is 0 Å². The minimum absolute atomic E-state index is 0.610. The molecule has 0 bridgehead atoms. The molecule has 8 heavy (non-hydrogen) atoms. The van der Waals surface area contributed by atoms with Gasteiger partial charge in [-0.15, -0.1) is 0 Å². The van der Waals surface area contributed by atoms with Crippen LogP contribution in [0, 0.1) is 0 Å². The van der Waals surface area contributed by atoms with E-state index < -0.39 is 0 Å². The Morgan fingerprint density at radius 3 is 2.75 bits per heavy atom. The van der Waals surface area contributed by atoms with E-state index in [4.69, 9.17) is 5.73 Å². The van der Waals surface area contributed by atoms with Gasteiger partial charge in [-0.25, -0.2) is 0 Å².